The van der Waals surface area contributed by atoms with Crippen LogP contribution >= 0.6 is 11.8 Å². The van der Waals surface area contributed by atoms with Crippen molar-refractivity contribution in [2.24, 2.45) is 5.92 Å². The van der Waals surface area contributed by atoms with Gasteiger partial charge in [-0.3, -0.25) is 4.79 Å². The lowest BCUT2D eigenvalue weighted by molar-refractivity contribution is -0.118. The molecular formula is C16H25N3OS. The van der Waals surface area contributed by atoms with E-state index in [1.807, 2.05) is 19.9 Å². The van der Waals surface area contributed by atoms with Crippen molar-refractivity contribution in [2.45, 2.75) is 57.5 Å². The predicted molar refractivity (Wildman–Crippen MR) is 86.4 cm³/mol. The van der Waals surface area contributed by atoms with E-state index < -0.39 is 0 Å². The molecule has 0 atom stereocenters. The Bertz CT molecular complexity index is 452. The summed E-state index contributed by atoms with van der Waals surface area (Å²) in [5, 5.41) is 3.70. The van der Waals surface area contributed by atoms with E-state index in [-0.39, 0.29) is 5.91 Å². The number of carbonyl (C=O) groups is 1. The molecule has 0 bridgehead atoms. The fourth-order valence-corrected chi connectivity index (χ4v) is 3.61. The van der Waals surface area contributed by atoms with Gasteiger partial charge in [0.1, 0.15) is 0 Å². The molecule has 4 nitrogen and oxygen atoms in total. The summed E-state index contributed by atoms with van der Waals surface area (Å²) >= 11 is 1.41. The topological polar surface area (TPSA) is 54.9 Å². The molecule has 0 aromatic carbocycles. The monoisotopic (exact) mass is 307 g/mol. The van der Waals surface area contributed by atoms with E-state index in [9.17, 15) is 4.79 Å². The average molecular weight is 307 g/mol. The van der Waals surface area contributed by atoms with Gasteiger partial charge in [-0.2, -0.15) is 0 Å². The van der Waals surface area contributed by atoms with Crippen LogP contribution in [0.15, 0.2) is 11.2 Å². The number of hydrogen-bond donors (Lipinski definition) is 1. The van der Waals surface area contributed by atoms with Crippen LogP contribution in [0.4, 0.5) is 0 Å². The van der Waals surface area contributed by atoms with Crippen molar-refractivity contribution in [3.8, 4) is 0 Å². The molecule has 1 aromatic rings. The second-order valence-electron chi connectivity index (χ2n) is 5.86. The molecule has 0 radical (unpaired) electrons. The Morgan fingerprint density at radius 2 is 1.90 bits per heavy atom. The number of amides is 1. The summed E-state index contributed by atoms with van der Waals surface area (Å²) in [4.78, 5) is 20.5. The number of hydrogen-bond acceptors (Lipinski definition) is 4. The van der Waals surface area contributed by atoms with E-state index in [2.05, 4.69) is 15.3 Å². The molecule has 0 spiro atoms. The highest BCUT2D eigenvalue weighted by molar-refractivity contribution is 7.99. The van der Waals surface area contributed by atoms with Crippen molar-refractivity contribution in [1.29, 1.82) is 0 Å². The Labute approximate surface area is 131 Å². The largest absolute Gasteiger partial charge is 0.355 e. The molecule has 0 aliphatic heterocycles. The van der Waals surface area contributed by atoms with Gasteiger partial charge in [-0.25, -0.2) is 9.97 Å². The van der Waals surface area contributed by atoms with Crippen LogP contribution in [-0.2, 0) is 4.79 Å². The highest BCUT2D eigenvalue weighted by Crippen LogP contribution is 2.25. The molecule has 1 amide bonds. The van der Waals surface area contributed by atoms with Gasteiger partial charge in [0, 0.05) is 17.9 Å². The molecule has 1 heterocycles. The second-order valence-corrected chi connectivity index (χ2v) is 6.81. The van der Waals surface area contributed by atoms with Crippen molar-refractivity contribution in [1.82, 2.24) is 15.3 Å². The van der Waals surface area contributed by atoms with Gasteiger partial charge in [0.05, 0.1) is 5.75 Å². The summed E-state index contributed by atoms with van der Waals surface area (Å²) < 4.78 is 0. The number of aromatic nitrogens is 2. The Kier molecular flexibility index (Phi) is 6.49. The van der Waals surface area contributed by atoms with Crippen molar-refractivity contribution in [3.63, 3.8) is 0 Å². The average Bonchev–Trinajstić information content (AvgIpc) is 2.45. The first-order valence-corrected chi connectivity index (χ1v) is 8.84. The molecule has 1 saturated carbocycles. The van der Waals surface area contributed by atoms with E-state index in [4.69, 9.17) is 0 Å². The van der Waals surface area contributed by atoms with Gasteiger partial charge in [-0.15, -0.1) is 0 Å². The van der Waals surface area contributed by atoms with Gasteiger partial charge in [-0.05, 0) is 32.3 Å². The maximum atomic E-state index is 11.8. The molecule has 1 N–H and O–H groups in total. The molecular weight excluding hydrogens is 282 g/mol. The quantitative estimate of drug-likeness (QED) is 0.647. The lowest BCUT2D eigenvalue weighted by Gasteiger charge is -2.21. The zero-order chi connectivity index (χ0) is 15.1. The summed E-state index contributed by atoms with van der Waals surface area (Å²) in [6, 6.07) is 1.94. The first-order chi connectivity index (χ1) is 10.1. The molecule has 5 heteroatoms. The van der Waals surface area contributed by atoms with Gasteiger partial charge in [-0.1, -0.05) is 43.9 Å². The highest BCUT2D eigenvalue weighted by Gasteiger charge is 2.13. The van der Waals surface area contributed by atoms with Crippen LogP contribution in [0, 0.1) is 19.8 Å². The third-order valence-corrected chi connectivity index (χ3v) is 4.74. The van der Waals surface area contributed by atoms with Crippen molar-refractivity contribution < 1.29 is 4.79 Å². The first kappa shape index (κ1) is 16.3. The fraction of sp³-hybridized carbons (Fsp3) is 0.688. The van der Waals surface area contributed by atoms with Gasteiger partial charge >= 0.3 is 0 Å². The Hall–Kier alpha value is -1.10. The smallest absolute Gasteiger partial charge is 0.230 e. The van der Waals surface area contributed by atoms with E-state index >= 15 is 0 Å². The zero-order valence-electron chi connectivity index (χ0n) is 13.0. The number of rotatable bonds is 6. The minimum absolute atomic E-state index is 0.0820. The molecule has 1 aliphatic rings. The van der Waals surface area contributed by atoms with Crippen molar-refractivity contribution >= 4 is 17.7 Å². The van der Waals surface area contributed by atoms with Crippen LogP contribution in [-0.4, -0.2) is 28.2 Å². The first-order valence-electron chi connectivity index (χ1n) is 7.85. The van der Waals surface area contributed by atoms with E-state index in [1.165, 1.54) is 43.9 Å². The highest BCUT2D eigenvalue weighted by atomic mass is 32.2. The molecule has 0 saturated heterocycles. The summed E-state index contributed by atoms with van der Waals surface area (Å²) in [5.74, 6) is 1.29. The lowest BCUT2D eigenvalue weighted by Crippen LogP contribution is -2.28. The van der Waals surface area contributed by atoms with Gasteiger partial charge in [0.15, 0.2) is 5.16 Å². The number of thioether (sulfide) groups is 1. The maximum Gasteiger partial charge on any atom is 0.230 e. The van der Waals surface area contributed by atoms with Crippen LogP contribution in [0.25, 0.3) is 0 Å². The lowest BCUT2D eigenvalue weighted by atomic mass is 9.87. The van der Waals surface area contributed by atoms with Gasteiger partial charge < -0.3 is 5.32 Å². The number of nitrogens with zero attached hydrogens (tertiary/aromatic N) is 2. The Morgan fingerprint density at radius 3 is 2.57 bits per heavy atom. The maximum absolute atomic E-state index is 11.8. The summed E-state index contributed by atoms with van der Waals surface area (Å²) in [6.45, 7) is 4.70. The summed E-state index contributed by atoms with van der Waals surface area (Å²) in [6.07, 6.45) is 7.89. The SMILES string of the molecule is Cc1cc(C)nc(SCC(=O)NCCC2CCCCC2)n1. The zero-order valence-corrected chi connectivity index (χ0v) is 13.8. The van der Waals surface area contributed by atoms with E-state index in [0.717, 1.165) is 30.3 Å². The number of aryl methyl sites for hydroxylation is 2. The Balaban J connectivity index is 1.65. The standard InChI is InChI=1S/C16H25N3OS/c1-12-10-13(2)19-16(18-12)21-11-15(20)17-9-8-14-6-4-3-5-7-14/h10,14H,3-9,11H2,1-2H3,(H,17,20). The number of nitrogens with one attached hydrogen (secondary N) is 1. The van der Waals surface area contributed by atoms with Crippen LogP contribution in [0.5, 0.6) is 0 Å². The van der Waals surface area contributed by atoms with Crippen molar-refractivity contribution in [2.75, 3.05) is 12.3 Å². The third-order valence-electron chi connectivity index (χ3n) is 3.89. The fourth-order valence-electron chi connectivity index (χ4n) is 2.83. The molecule has 116 valence electrons. The van der Waals surface area contributed by atoms with Gasteiger partial charge in [0.2, 0.25) is 5.91 Å². The number of carbonyl (C=O) groups excluding carboxylic acids is 1. The second kappa shape index (κ2) is 8.37. The van der Waals surface area contributed by atoms with Crippen LogP contribution in [0.2, 0.25) is 0 Å². The van der Waals surface area contributed by atoms with Crippen LogP contribution < -0.4 is 5.32 Å². The molecule has 21 heavy (non-hydrogen) atoms. The van der Waals surface area contributed by atoms with Crippen LogP contribution in [0.1, 0.15) is 49.9 Å². The van der Waals surface area contributed by atoms with Gasteiger partial charge in [0.25, 0.3) is 0 Å². The van der Waals surface area contributed by atoms with E-state index in [0.29, 0.717) is 10.9 Å². The normalized spacial score (nSPS) is 15.9. The minimum atomic E-state index is 0.0820. The summed E-state index contributed by atoms with van der Waals surface area (Å²) in [7, 11) is 0. The summed E-state index contributed by atoms with van der Waals surface area (Å²) in [5.41, 5.74) is 1.89. The van der Waals surface area contributed by atoms with Crippen LogP contribution in [0.3, 0.4) is 0 Å². The Morgan fingerprint density at radius 1 is 1.24 bits per heavy atom. The minimum Gasteiger partial charge on any atom is -0.355 e. The molecule has 1 aliphatic carbocycles. The third kappa shape index (κ3) is 6.04. The van der Waals surface area contributed by atoms with E-state index in [1.54, 1.807) is 0 Å². The predicted octanol–water partition coefficient (Wildman–Crippen LogP) is 3.27. The molecule has 0 unspecified atom stereocenters. The molecule has 1 aromatic heterocycles. The molecule has 2 rings (SSSR count). The molecule has 1 fully saturated rings. The van der Waals surface area contributed by atoms with Crippen molar-refractivity contribution in [3.05, 3.63) is 17.5 Å².